The Morgan fingerprint density at radius 2 is 1.88 bits per heavy atom. The summed E-state index contributed by atoms with van der Waals surface area (Å²) in [5, 5.41) is 0. The number of aryl methyl sites for hydroxylation is 1. The van der Waals surface area contributed by atoms with Crippen molar-refractivity contribution in [3.63, 3.8) is 0 Å². The van der Waals surface area contributed by atoms with Crippen LogP contribution in [0.25, 0.3) is 11.3 Å². The van der Waals surface area contributed by atoms with E-state index in [1.165, 1.54) is 7.11 Å². The minimum Gasteiger partial charge on any atom is -0.489 e. The Hall–Kier alpha value is -3.21. The molecule has 5 heteroatoms. The lowest BCUT2D eigenvalue weighted by Gasteiger charge is -2.09. The molecule has 26 heavy (non-hydrogen) atoms. The van der Waals surface area contributed by atoms with Crippen LogP contribution in [0.4, 0.5) is 0 Å². The van der Waals surface area contributed by atoms with E-state index in [0.29, 0.717) is 19.4 Å². The van der Waals surface area contributed by atoms with Gasteiger partial charge in [-0.15, -0.1) is 0 Å². The van der Waals surface area contributed by atoms with Gasteiger partial charge in [-0.05, 0) is 35.7 Å². The fraction of sp³-hybridized carbons (Fsp3) is 0.190. The number of carbonyl (C=O) groups excluding carboxylic acids is 1. The van der Waals surface area contributed by atoms with Crippen LogP contribution in [0.3, 0.4) is 0 Å². The van der Waals surface area contributed by atoms with E-state index < -0.39 is 0 Å². The Bertz CT molecular complexity index is 849. The molecule has 0 unspecified atom stereocenters. The average molecular weight is 348 g/mol. The number of esters is 1. The highest BCUT2D eigenvalue weighted by Crippen LogP contribution is 2.19. The molecule has 0 aliphatic heterocycles. The van der Waals surface area contributed by atoms with Gasteiger partial charge < -0.3 is 9.47 Å². The molecule has 0 amide bonds. The molecule has 0 saturated carbocycles. The Kier molecular flexibility index (Phi) is 5.93. The Morgan fingerprint density at radius 1 is 1.04 bits per heavy atom. The molecule has 0 saturated heterocycles. The first-order valence-electron chi connectivity index (χ1n) is 8.38. The molecule has 2 aromatic carbocycles. The van der Waals surface area contributed by atoms with E-state index in [2.05, 4.69) is 20.8 Å². The molecule has 5 nitrogen and oxygen atoms in total. The predicted octanol–water partition coefficient (Wildman–Crippen LogP) is 3.83. The molecule has 0 radical (unpaired) electrons. The summed E-state index contributed by atoms with van der Waals surface area (Å²) in [6.45, 7) is 0.468. The number of aromatic nitrogens is 2. The molecule has 0 bridgehead atoms. The van der Waals surface area contributed by atoms with Crippen molar-refractivity contribution in [2.45, 2.75) is 19.4 Å². The second-order valence-electron chi connectivity index (χ2n) is 5.80. The first-order chi connectivity index (χ1) is 12.7. The quantitative estimate of drug-likeness (QED) is 0.607. The van der Waals surface area contributed by atoms with E-state index in [4.69, 9.17) is 4.74 Å². The minimum absolute atomic E-state index is 0.201. The van der Waals surface area contributed by atoms with E-state index in [1.54, 1.807) is 18.6 Å². The van der Waals surface area contributed by atoms with Gasteiger partial charge in [0.1, 0.15) is 12.4 Å². The highest BCUT2D eigenvalue weighted by molar-refractivity contribution is 5.69. The zero-order valence-electron chi connectivity index (χ0n) is 14.6. The zero-order chi connectivity index (χ0) is 18.2. The van der Waals surface area contributed by atoms with Gasteiger partial charge in [-0.25, -0.2) is 0 Å². The number of hydrogen-bond acceptors (Lipinski definition) is 5. The summed E-state index contributed by atoms with van der Waals surface area (Å²) in [4.78, 5) is 19.6. The van der Waals surface area contributed by atoms with Crippen LogP contribution >= 0.6 is 0 Å². The monoisotopic (exact) mass is 348 g/mol. The lowest BCUT2D eigenvalue weighted by Crippen LogP contribution is -2.02. The topological polar surface area (TPSA) is 61.3 Å². The third-order valence-corrected chi connectivity index (χ3v) is 3.96. The fourth-order valence-corrected chi connectivity index (χ4v) is 2.54. The smallest absolute Gasteiger partial charge is 0.305 e. The summed E-state index contributed by atoms with van der Waals surface area (Å²) < 4.78 is 10.5. The summed E-state index contributed by atoms with van der Waals surface area (Å²) >= 11 is 0. The van der Waals surface area contributed by atoms with Gasteiger partial charge in [0.2, 0.25) is 0 Å². The third kappa shape index (κ3) is 4.89. The SMILES string of the molecule is COC(=O)CCc1ccc(OCc2cccc(-c3cnccn3)c2)cc1. The van der Waals surface area contributed by atoms with E-state index in [9.17, 15) is 4.79 Å². The molecular formula is C21H20N2O3. The molecule has 0 fully saturated rings. The van der Waals surface area contributed by atoms with Gasteiger partial charge in [0.25, 0.3) is 0 Å². The summed E-state index contributed by atoms with van der Waals surface area (Å²) in [5.74, 6) is 0.588. The maximum atomic E-state index is 11.2. The number of hydrogen-bond donors (Lipinski definition) is 0. The van der Waals surface area contributed by atoms with Crippen molar-refractivity contribution in [2.75, 3.05) is 7.11 Å². The van der Waals surface area contributed by atoms with Gasteiger partial charge in [0.15, 0.2) is 0 Å². The zero-order valence-corrected chi connectivity index (χ0v) is 14.6. The number of benzene rings is 2. The van der Waals surface area contributed by atoms with Crippen LogP contribution in [0.2, 0.25) is 0 Å². The molecule has 132 valence electrons. The third-order valence-electron chi connectivity index (χ3n) is 3.96. The molecule has 1 heterocycles. The van der Waals surface area contributed by atoms with Gasteiger partial charge >= 0.3 is 5.97 Å². The van der Waals surface area contributed by atoms with Crippen molar-refractivity contribution in [1.82, 2.24) is 9.97 Å². The largest absolute Gasteiger partial charge is 0.489 e. The van der Waals surface area contributed by atoms with Gasteiger partial charge in [0.05, 0.1) is 19.0 Å². The number of methoxy groups -OCH3 is 1. The van der Waals surface area contributed by atoms with E-state index >= 15 is 0 Å². The van der Waals surface area contributed by atoms with Crippen LogP contribution < -0.4 is 4.74 Å². The van der Waals surface area contributed by atoms with Crippen LogP contribution in [0, 0.1) is 0 Å². The molecule has 3 rings (SSSR count). The van der Waals surface area contributed by atoms with Crippen molar-refractivity contribution < 1.29 is 14.3 Å². The first-order valence-corrected chi connectivity index (χ1v) is 8.38. The number of rotatable bonds is 7. The van der Waals surface area contributed by atoms with Crippen molar-refractivity contribution >= 4 is 5.97 Å². The van der Waals surface area contributed by atoms with Gasteiger partial charge in [-0.2, -0.15) is 0 Å². The highest BCUT2D eigenvalue weighted by atomic mass is 16.5. The summed E-state index contributed by atoms with van der Waals surface area (Å²) in [6, 6.07) is 15.8. The van der Waals surface area contributed by atoms with Crippen molar-refractivity contribution in [3.05, 3.63) is 78.2 Å². The Morgan fingerprint density at radius 3 is 2.62 bits per heavy atom. The maximum Gasteiger partial charge on any atom is 0.305 e. The number of ether oxygens (including phenoxy) is 2. The fourth-order valence-electron chi connectivity index (χ4n) is 2.54. The maximum absolute atomic E-state index is 11.2. The second-order valence-corrected chi connectivity index (χ2v) is 5.80. The lowest BCUT2D eigenvalue weighted by molar-refractivity contribution is -0.140. The predicted molar refractivity (Wildman–Crippen MR) is 98.6 cm³/mol. The lowest BCUT2D eigenvalue weighted by atomic mass is 10.1. The highest BCUT2D eigenvalue weighted by Gasteiger charge is 2.04. The molecule has 0 spiro atoms. The molecule has 0 aliphatic rings. The summed E-state index contributed by atoms with van der Waals surface area (Å²) in [6.07, 6.45) is 6.12. The molecule has 0 N–H and O–H groups in total. The molecule has 0 atom stereocenters. The van der Waals surface area contributed by atoms with Gasteiger partial charge in [-0.3, -0.25) is 14.8 Å². The van der Waals surface area contributed by atoms with Crippen LogP contribution in [0.5, 0.6) is 5.75 Å². The molecule has 3 aromatic rings. The first kappa shape index (κ1) is 17.6. The Balaban J connectivity index is 1.58. The number of carbonyl (C=O) groups is 1. The van der Waals surface area contributed by atoms with Crippen molar-refractivity contribution in [2.24, 2.45) is 0 Å². The van der Waals surface area contributed by atoms with E-state index in [-0.39, 0.29) is 5.97 Å². The van der Waals surface area contributed by atoms with Crippen LogP contribution in [0.15, 0.2) is 67.1 Å². The van der Waals surface area contributed by atoms with Crippen LogP contribution in [0.1, 0.15) is 17.5 Å². The normalized spacial score (nSPS) is 10.3. The summed E-state index contributed by atoms with van der Waals surface area (Å²) in [7, 11) is 1.40. The second kappa shape index (κ2) is 8.76. The van der Waals surface area contributed by atoms with Gasteiger partial charge in [-0.1, -0.05) is 30.3 Å². The molecule has 0 aliphatic carbocycles. The number of nitrogens with zero attached hydrogens (tertiary/aromatic N) is 2. The van der Waals surface area contributed by atoms with Crippen molar-refractivity contribution in [3.8, 4) is 17.0 Å². The van der Waals surface area contributed by atoms with Gasteiger partial charge in [0, 0.05) is 24.4 Å². The van der Waals surface area contributed by atoms with E-state index in [0.717, 1.165) is 28.1 Å². The van der Waals surface area contributed by atoms with Crippen LogP contribution in [-0.4, -0.2) is 23.0 Å². The molecule has 1 aromatic heterocycles. The van der Waals surface area contributed by atoms with Crippen LogP contribution in [-0.2, 0) is 22.6 Å². The Labute approximate surface area is 152 Å². The van der Waals surface area contributed by atoms with Crippen molar-refractivity contribution in [1.29, 1.82) is 0 Å². The average Bonchev–Trinajstić information content (AvgIpc) is 2.72. The standard InChI is InChI=1S/C21H20N2O3/c1-25-21(24)10-7-16-5-8-19(9-6-16)26-15-17-3-2-4-18(13-17)20-14-22-11-12-23-20/h2-6,8-9,11-14H,7,10,15H2,1H3. The van der Waals surface area contributed by atoms with E-state index in [1.807, 2.05) is 42.5 Å². The minimum atomic E-state index is -0.201. The molecular weight excluding hydrogens is 328 g/mol. The summed E-state index contributed by atoms with van der Waals surface area (Å²) in [5.41, 5.74) is 3.98.